The van der Waals surface area contributed by atoms with Gasteiger partial charge >= 0.3 is 0 Å². The minimum absolute atomic E-state index is 0.825. The summed E-state index contributed by atoms with van der Waals surface area (Å²) >= 11 is 0. The Morgan fingerprint density at radius 2 is 1.95 bits per heavy atom. The van der Waals surface area contributed by atoms with Gasteiger partial charge in [0.2, 0.25) is 0 Å². The zero-order chi connectivity index (χ0) is 14.3. The number of benzene rings is 1. The first kappa shape index (κ1) is 14.0. The van der Waals surface area contributed by atoms with Crippen LogP contribution in [0.25, 0.3) is 0 Å². The van der Waals surface area contributed by atoms with Gasteiger partial charge in [0.25, 0.3) is 0 Å². The molecular formula is C15H21N5O. The zero-order valence-electron chi connectivity index (χ0n) is 12.1. The van der Waals surface area contributed by atoms with Gasteiger partial charge in [0.05, 0.1) is 26.0 Å². The van der Waals surface area contributed by atoms with Crippen molar-refractivity contribution in [1.29, 1.82) is 0 Å². The van der Waals surface area contributed by atoms with Gasteiger partial charge in [-0.2, -0.15) is 0 Å². The van der Waals surface area contributed by atoms with Crippen LogP contribution < -0.4 is 10.2 Å². The SMILES string of the molecule is c1cn(CCNCc2ccc(N3CCOCC3)cc2)nn1. The summed E-state index contributed by atoms with van der Waals surface area (Å²) in [6.45, 7) is 6.21. The molecule has 1 aliphatic rings. The number of anilines is 1. The summed E-state index contributed by atoms with van der Waals surface area (Å²) in [5, 5.41) is 11.1. The minimum Gasteiger partial charge on any atom is -0.378 e. The molecule has 0 spiro atoms. The van der Waals surface area contributed by atoms with Gasteiger partial charge in [0.1, 0.15) is 0 Å². The van der Waals surface area contributed by atoms with Crippen LogP contribution in [0.5, 0.6) is 0 Å². The predicted octanol–water partition coefficient (Wildman–Crippen LogP) is 0.904. The van der Waals surface area contributed by atoms with Crippen molar-refractivity contribution < 1.29 is 4.74 Å². The number of hydrogen-bond acceptors (Lipinski definition) is 5. The van der Waals surface area contributed by atoms with E-state index in [0.717, 1.165) is 45.9 Å². The third kappa shape index (κ3) is 4.03. The smallest absolute Gasteiger partial charge is 0.0692 e. The average molecular weight is 287 g/mol. The van der Waals surface area contributed by atoms with Crippen LogP contribution in [-0.4, -0.2) is 47.8 Å². The van der Waals surface area contributed by atoms with Gasteiger partial charge in [-0.1, -0.05) is 17.3 Å². The van der Waals surface area contributed by atoms with E-state index in [-0.39, 0.29) is 0 Å². The highest BCUT2D eigenvalue weighted by atomic mass is 16.5. The molecule has 0 saturated carbocycles. The van der Waals surface area contributed by atoms with Gasteiger partial charge in [-0.15, -0.1) is 5.10 Å². The van der Waals surface area contributed by atoms with E-state index in [2.05, 4.69) is 44.8 Å². The first-order valence-electron chi connectivity index (χ1n) is 7.38. The van der Waals surface area contributed by atoms with Crippen LogP contribution in [-0.2, 0) is 17.8 Å². The van der Waals surface area contributed by atoms with Crippen LogP contribution in [0.3, 0.4) is 0 Å². The summed E-state index contributed by atoms with van der Waals surface area (Å²) in [6.07, 6.45) is 3.57. The highest BCUT2D eigenvalue weighted by Gasteiger charge is 2.10. The fourth-order valence-electron chi connectivity index (χ4n) is 2.42. The van der Waals surface area contributed by atoms with E-state index >= 15 is 0 Å². The van der Waals surface area contributed by atoms with Gasteiger partial charge in [-0.3, -0.25) is 4.68 Å². The highest BCUT2D eigenvalue weighted by molar-refractivity contribution is 5.47. The standard InChI is InChI=1S/C15H21N5O/c1-3-15(19-9-11-21-12-10-19)4-2-14(1)13-16-5-7-20-8-6-17-18-20/h1-4,6,8,16H,5,7,9-13H2. The molecule has 0 bridgehead atoms. The molecule has 1 aliphatic heterocycles. The quantitative estimate of drug-likeness (QED) is 0.800. The number of rotatable bonds is 6. The molecule has 2 aromatic rings. The lowest BCUT2D eigenvalue weighted by Crippen LogP contribution is -2.36. The van der Waals surface area contributed by atoms with E-state index in [1.165, 1.54) is 11.3 Å². The summed E-state index contributed by atoms with van der Waals surface area (Å²) < 4.78 is 7.21. The second-order valence-electron chi connectivity index (χ2n) is 5.11. The molecule has 0 amide bonds. The molecule has 1 aromatic heterocycles. The van der Waals surface area contributed by atoms with Crippen molar-refractivity contribution in [3.05, 3.63) is 42.2 Å². The number of nitrogens with one attached hydrogen (secondary N) is 1. The molecule has 0 aliphatic carbocycles. The van der Waals surface area contributed by atoms with E-state index < -0.39 is 0 Å². The molecule has 0 atom stereocenters. The lowest BCUT2D eigenvalue weighted by molar-refractivity contribution is 0.122. The fraction of sp³-hybridized carbons (Fsp3) is 0.467. The normalized spacial score (nSPS) is 15.3. The van der Waals surface area contributed by atoms with Gasteiger partial charge in [-0.25, -0.2) is 0 Å². The van der Waals surface area contributed by atoms with Crippen molar-refractivity contribution in [3.8, 4) is 0 Å². The zero-order valence-corrected chi connectivity index (χ0v) is 12.1. The maximum Gasteiger partial charge on any atom is 0.0692 e. The predicted molar refractivity (Wildman–Crippen MR) is 81.2 cm³/mol. The summed E-state index contributed by atoms with van der Waals surface area (Å²) in [5.74, 6) is 0. The van der Waals surface area contributed by atoms with Crippen LogP contribution in [0, 0.1) is 0 Å². The van der Waals surface area contributed by atoms with Crippen LogP contribution in [0.2, 0.25) is 0 Å². The Bertz CT molecular complexity index is 520. The molecular weight excluding hydrogens is 266 g/mol. The van der Waals surface area contributed by atoms with Crippen molar-refractivity contribution >= 4 is 5.69 Å². The first-order valence-corrected chi connectivity index (χ1v) is 7.38. The molecule has 1 N–H and O–H groups in total. The molecule has 112 valence electrons. The molecule has 2 heterocycles. The van der Waals surface area contributed by atoms with Crippen LogP contribution in [0.4, 0.5) is 5.69 Å². The Balaban J connectivity index is 1.43. The summed E-state index contributed by atoms with van der Waals surface area (Å²) in [4.78, 5) is 2.37. The van der Waals surface area contributed by atoms with Crippen molar-refractivity contribution in [2.75, 3.05) is 37.7 Å². The minimum atomic E-state index is 0.825. The van der Waals surface area contributed by atoms with Gasteiger partial charge < -0.3 is 15.0 Å². The molecule has 1 fully saturated rings. The van der Waals surface area contributed by atoms with Gasteiger partial charge in [-0.05, 0) is 17.7 Å². The molecule has 0 radical (unpaired) electrons. The molecule has 0 unspecified atom stereocenters. The Kier molecular flexibility index (Phi) is 4.81. The molecule has 21 heavy (non-hydrogen) atoms. The van der Waals surface area contributed by atoms with Gasteiger partial charge in [0.15, 0.2) is 0 Å². The number of morpholine rings is 1. The summed E-state index contributed by atoms with van der Waals surface area (Å²) in [6, 6.07) is 8.76. The lowest BCUT2D eigenvalue weighted by Gasteiger charge is -2.28. The average Bonchev–Trinajstić information content (AvgIpc) is 3.06. The second-order valence-corrected chi connectivity index (χ2v) is 5.11. The molecule has 3 rings (SSSR count). The van der Waals surface area contributed by atoms with Crippen molar-refractivity contribution in [1.82, 2.24) is 20.3 Å². The monoisotopic (exact) mass is 287 g/mol. The van der Waals surface area contributed by atoms with Crippen molar-refractivity contribution in [3.63, 3.8) is 0 Å². The fourth-order valence-corrected chi connectivity index (χ4v) is 2.42. The Labute approximate surface area is 124 Å². The number of nitrogens with zero attached hydrogens (tertiary/aromatic N) is 4. The summed E-state index contributed by atoms with van der Waals surface area (Å²) in [7, 11) is 0. The van der Waals surface area contributed by atoms with E-state index in [1.807, 2.05) is 10.9 Å². The van der Waals surface area contributed by atoms with Gasteiger partial charge in [0, 0.05) is 38.1 Å². The lowest BCUT2D eigenvalue weighted by atomic mass is 10.2. The van der Waals surface area contributed by atoms with E-state index in [4.69, 9.17) is 4.74 Å². The highest BCUT2D eigenvalue weighted by Crippen LogP contribution is 2.16. The largest absolute Gasteiger partial charge is 0.378 e. The van der Waals surface area contributed by atoms with Crippen molar-refractivity contribution in [2.24, 2.45) is 0 Å². The van der Waals surface area contributed by atoms with Crippen LogP contribution >= 0.6 is 0 Å². The molecule has 6 heteroatoms. The van der Waals surface area contributed by atoms with Crippen LogP contribution in [0.15, 0.2) is 36.7 Å². The Hall–Kier alpha value is -1.92. The first-order chi connectivity index (χ1) is 10.4. The maximum absolute atomic E-state index is 5.38. The van der Waals surface area contributed by atoms with E-state index in [0.29, 0.717) is 0 Å². The van der Waals surface area contributed by atoms with Crippen molar-refractivity contribution in [2.45, 2.75) is 13.1 Å². The number of ether oxygens (including phenoxy) is 1. The number of hydrogen-bond donors (Lipinski definition) is 1. The maximum atomic E-state index is 5.38. The second kappa shape index (κ2) is 7.19. The Morgan fingerprint density at radius 3 is 2.67 bits per heavy atom. The van der Waals surface area contributed by atoms with E-state index in [1.54, 1.807) is 6.20 Å². The number of aromatic nitrogens is 3. The molecule has 1 aromatic carbocycles. The van der Waals surface area contributed by atoms with E-state index in [9.17, 15) is 0 Å². The summed E-state index contributed by atoms with van der Waals surface area (Å²) in [5.41, 5.74) is 2.58. The Morgan fingerprint density at radius 1 is 1.14 bits per heavy atom. The topological polar surface area (TPSA) is 55.2 Å². The molecule has 6 nitrogen and oxygen atoms in total. The van der Waals surface area contributed by atoms with Crippen LogP contribution in [0.1, 0.15) is 5.56 Å². The third-order valence-electron chi connectivity index (χ3n) is 3.63. The third-order valence-corrected chi connectivity index (χ3v) is 3.63. The molecule has 1 saturated heterocycles.